The quantitative estimate of drug-likeness (QED) is 0.415. The number of hydrogen-bond acceptors (Lipinski definition) is 7. The smallest absolute Gasteiger partial charge is 0.462 e. The highest BCUT2D eigenvalue weighted by Gasteiger charge is 2.29. The second-order valence-electron chi connectivity index (χ2n) is 3.70. The molecule has 0 heterocycles. The zero-order chi connectivity index (χ0) is 15.1. The summed E-state index contributed by atoms with van der Waals surface area (Å²) in [6.07, 6.45) is 0. The summed E-state index contributed by atoms with van der Waals surface area (Å²) in [4.78, 5) is 23.8. The lowest BCUT2D eigenvalue weighted by molar-refractivity contribution is 0.0480. The topological polar surface area (TPSA) is 108 Å². The number of carbonyl (C=O) groups excluding carboxylic acids is 2. The van der Waals surface area contributed by atoms with Gasteiger partial charge in [-0.3, -0.25) is 0 Å². The third-order valence-corrected chi connectivity index (χ3v) is 2.47. The summed E-state index contributed by atoms with van der Waals surface area (Å²) in [5.41, 5.74) is -0.0962. The van der Waals surface area contributed by atoms with E-state index in [1.165, 1.54) is 18.2 Å². The van der Waals surface area contributed by atoms with Crippen molar-refractivity contribution in [2.45, 2.75) is 13.8 Å². The standard InChI is InChI=1S/C12H16BNO6/c1-3-18-11(15)8-6-5-7-9(13(17)20-14)10(8)12(16)19-4-2/h5-7,17H,3-4,14H2,1-2H3. The van der Waals surface area contributed by atoms with E-state index >= 15 is 0 Å². The molecule has 0 aliphatic rings. The van der Waals surface area contributed by atoms with Gasteiger partial charge in [0, 0.05) is 0 Å². The third-order valence-electron chi connectivity index (χ3n) is 2.47. The summed E-state index contributed by atoms with van der Waals surface area (Å²) in [7, 11) is -1.55. The molecule has 1 aromatic carbocycles. The number of nitrogens with two attached hydrogens (primary N) is 1. The van der Waals surface area contributed by atoms with Crippen LogP contribution in [-0.4, -0.2) is 37.3 Å². The van der Waals surface area contributed by atoms with Crippen molar-refractivity contribution in [1.82, 2.24) is 0 Å². The predicted octanol–water partition coefficient (Wildman–Crippen LogP) is -0.382. The lowest BCUT2D eigenvalue weighted by Gasteiger charge is -2.13. The highest BCUT2D eigenvalue weighted by Crippen LogP contribution is 2.11. The van der Waals surface area contributed by atoms with Gasteiger partial charge < -0.3 is 19.3 Å². The molecular weight excluding hydrogens is 265 g/mol. The van der Waals surface area contributed by atoms with Crippen LogP contribution in [0.5, 0.6) is 0 Å². The van der Waals surface area contributed by atoms with Gasteiger partial charge in [-0.2, -0.15) is 0 Å². The van der Waals surface area contributed by atoms with Crippen molar-refractivity contribution in [3.05, 3.63) is 29.3 Å². The highest BCUT2D eigenvalue weighted by molar-refractivity contribution is 6.61. The summed E-state index contributed by atoms with van der Waals surface area (Å²) in [6.45, 7) is 3.54. The Hall–Kier alpha value is -1.90. The molecule has 0 aliphatic carbocycles. The number of carbonyl (C=O) groups is 2. The van der Waals surface area contributed by atoms with Crippen LogP contribution >= 0.6 is 0 Å². The summed E-state index contributed by atoms with van der Waals surface area (Å²) in [6, 6.07) is 4.29. The lowest BCUT2D eigenvalue weighted by Crippen LogP contribution is -2.41. The van der Waals surface area contributed by atoms with Crippen LogP contribution in [0.1, 0.15) is 34.6 Å². The van der Waals surface area contributed by atoms with E-state index < -0.39 is 19.1 Å². The molecule has 0 bridgehead atoms. The van der Waals surface area contributed by atoms with Gasteiger partial charge in [0.25, 0.3) is 0 Å². The Balaban J connectivity index is 3.36. The molecule has 0 amide bonds. The molecule has 0 atom stereocenters. The van der Waals surface area contributed by atoms with Gasteiger partial charge in [-0.25, -0.2) is 15.5 Å². The van der Waals surface area contributed by atoms with Gasteiger partial charge in [-0.1, -0.05) is 12.1 Å². The average molecular weight is 281 g/mol. The Kier molecular flexibility index (Phi) is 6.17. The van der Waals surface area contributed by atoms with Crippen LogP contribution in [0.2, 0.25) is 0 Å². The maximum atomic E-state index is 12.0. The SMILES string of the molecule is CCOC(=O)c1cccc(B(O)ON)c1C(=O)OCC. The molecule has 0 radical (unpaired) electrons. The molecule has 8 heteroatoms. The van der Waals surface area contributed by atoms with Crippen LogP contribution < -0.4 is 11.4 Å². The average Bonchev–Trinajstić information content (AvgIpc) is 2.46. The minimum Gasteiger partial charge on any atom is -0.462 e. The Morgan fingerprint density at radius 3 is 2.35 bits per heavy atom. The minimum atomic E-state index is -1.55. The summed E-state index contributed by atoms with van der Waals surface area (Å²) < 4.78 is 14.0. The molecule has 0 fully saturated rings. The fourth-order valence-corrected chi connectivity index (χ4v) is 1.66. The molecule has 0 spiro atoms. The van der Waals surface area contributed by atoms with Crippen molar-refractivity contribution >= 4 is 24.5 Å². The highest BCUT2D eigenvalue weighted by atomic mass is 16.6. The van der Waals surface area contributed by atoms with E-state index in [1.54, 1.807) is 13.8 Å². The normalized spacial score (nSPS) is 10.0. The molecule has 0 unspecified atom stereocenters. The summed E-state index contributed by atoms with van der Waals surface area (Å²) in [5, 5.41) is 9.66. The van der Waals surface area contributed by atoms with E-state index in [0.29, 0.717) is 0 Å². The zero-order valence-electron chi connectivity index (χ0n) is 11.3. The fourth-order valence-electron chi connectivity index (χ4n) is 1.66. The molecule has 0 saturated heterocycles. The van der Waals surface area contributed by atoms with Crippen LogP contribution in [0, 0.1) is 0 Å². The van der Waals surface area contributed by atoms with Crippen LogP contribution in [-0.2, 0) is 14.2 Å². The largest absolute Gasteiger partial charge is 0.509 e. The van der Waals surface area contributed by atoms with Crippen LogP contribution in [0.15, 0.2) is 18.2 Å². The minimum absolute atomic E-state index is 0.0149. The van der Waals surface area contributed by atoms with Gasteiger partial charge in [-0.15, -0.1) is 0 Å². The number of hydrogen-bond donors (Lipinski definition) is 2. The van der Waals surface area contributed by atoms with Gasteiger partial charge in [-0.05, 0) is 25.4 Å². The second-order valence-corrected chi connectivity index (χ2v) is 3.70. The molecule has 3 N–H and O–H groups in total. The van der Waals surface area contributed by atoms with Crippen molar-refractivity contribution in [2.75, 3.05) is 13.2 Å². The molecule has 1 rings (SSSR count). The van der Waals surface area contributed by atoms with Crippen LogP contribution in [0.3, 0.4) is 0 Å². The second kappa shape index (κ2) is 7.64. The van der Waals surface area contributed by atoms with Crippen molar-refractivity contribution in [2.24, 2.45) is 5.90 Å². The van der Waals surface area contributed by atoms with E-state index in [1.807, 2.05) is 0 Å². The number of esters is 2. The van der Waals surface area contributed by atoms with Gasteiger partial charge in [0.05, 0.1) is 24.3 Å². The number of benzene rings is 1. The molecule has 1 aromatic rings. The van der Waals surface area contributed by atoms with Gasteiger partial charge >= 0.3 is 19.1 Å². The van der Waals surface area contributed by atoms with Crippen molar-refractivity contribution in [3.8, 4) is 0 Å². The fraction of sp³-hybridized carbons (Fsp3) is 0.333. The summed E-state index contributed by atoms with van der Waals surface area (Å²) in [5.74, 6) is 3.46. The molecule has 0 saturated carbocycles. The van der Waals surface area contributed by atoms with E-state index in [0.717, 1.165) is 0 Å². The van der Waals surface area contributed by atoms with Gasteiger partial charge in [0.1, 0.15) is 0 Å². The van der Waals surface area contributed by atoms with Crippen molar-refractivity contribution in [3.63, 3.8) is 0 Å². The Morgan fingerprint density at radius 1 is 1.20 bits per heavy atom. The van der Waals surface area contributed by atoms with E-state index in [2.05, 4.69) is 4.76 Å². The van der Waals surface area contributed by atoms with Gasteiger partial charge in [0.2, 0.25) is 0 Å². The maximum absolute atomic E-state index is 12.0. The van der Waals surface area contributed by atoms with Crippen LogP contribution in [0.25, 0.3) is 0 Å². The Bertz CT molecular complexity index is 493. The van der Waals surface area contributed by atoms with E-state index in [9.17, 15) is 14.6 Å². The molecule has 20 heavy (non-hydrogen) atoms. The van der Waals surface area contributed by atoms with Crippen molar-refractivity contribution < 1.29 is 28.8 Å². The Morgan fingerprint density at radius 2 is 1.80 bits per heavy atom. The molecule has 7 nitrogen and oxygen atoms in total. The predicted molar refractivity (Wildman–Crippen MR) is 71.2 cm³/mol. The molecule has 0 aromatic heterocycles. The number of rotatable bonds is 6. The first-order valence-corrected chi connectivity index (χ1v) is 6.07. The molecule has 0 aliphatic heterocycles. The van der Waals surface area contributed by atoms with E-state index in [4.69, 9.17) is 15.4 Å². The lowest BCUT2D eigenvalue weighted by atomic mass is 9.75. The third kappa shape index (κ3) is 3.56. The zero-order valence-corrected chi connectivity index (χ0v) is 11.3. The monoisotopic (exact) mass is 281 g/mol. The summed E-state index contributed by atoms with van der Waals surface area (Å²) >= 11 is 0. The first-order chi connectivity index (χ1) is 9.56. The van der Waals surface area contributed by atoms with Crippen molar-refractivity contribution in [1.29, 1.82) is 0 Å². The molecular formula is C12H16BNO6. The Labute approximate surface area is 116 Å². The molecule has 108 valence electrons. The maximum Gasteiger partial charge on any atom is 0.509 e. The van der Waals surface area contributed by atoms with Crippen LogP contribution in [0.4, 0.5) is 0 Å². The number of ether oxygens (including phenoxy) is 2. The first-order valence-electron chi connectivity index (χ1n) is 6.07. The van der Waals surface area contributed by atoms with Gasteiger partial charge in [0.15, 0.2) is 0 Å². The van der Waals surface area contributed by atoms with E-state index in [-0.39, 0.29) is 29.8 Å². The first kappa shape index (κ1) is 16.2.